The molecule has 2 aliphatic rings. The van der Waals surface area contributed by atoms with Gasteiger partial charge in [-0.3, -0.25) is 14.4 Å². The van der Waals surface area contributed by atoms with Crippen LogP contribution in [0.2, 0.25) is 5.02 Å². The average Bonchev–Trinajstić information content (AvgIpc) is 3.53. The van der Waals surface area contributed by atoms with Crippen molar-refractivity contribution in [2.45, 2.75) is 35.2 Å². The number of rotatable bonds is 7. The van der Waals surface area contributed by atoms with Crippen molar-refractivity contribution in [3.05, 3.63) is 87.7 Å². The molecule has 0 bridgehead atoms. The lowest BCUT2D eigenvalue weighted by molar-refractivity contribution is -0.145. The molecule has 5 rings (SSSR count). The second-order valence-electron chi connectivity index (χ2n) is 10.7. The van der Waals surface area contributed by atoms with Crippen molar-refractivity contribution in [2.24, 2.45) is 11.8 Å². The van der Waals surface area contributed by atoms with E-state index in [4.69, 9.17) is 34.8 Å². The number of carbonyl (C=O) groups excluding carboxylic acids is 3. The molecule has 0 saturated heterocycles. The predicted molar refractivity (Wildman–Crippen MR) is 153 cm³/mol. The summed E-state index contributed by atoms with van der Waals surface area (Å²) in [6.45, 7) is 0. The van der Waals surface area contributed by atoms with Crippen molar-refractivity contribution in [1.82, 2.24) is 0 Å². The standard InChI is InChI=1S/C29H18Cl3F8N3O3/c30-16-3-2-13(41-26(46)21-20(28(21,31)32)11-1-4-17(33)15(7-11)29(38,39)40)8-14(16)25(45)42-19-6-5-18(34)23(22(19)35)43-24(44)12-9-27(36,37)10-12/h1-8,12,20-21H,9-10H2,(H,41,46)(H,42,45)(H,43,44)/t20-,21+/m0/s1. The smallest absolute Gasteiger partial charge is 0.326 e. The van der Waals surface area contributed by atoms with Gasteiger partial charge in [-0.1, -0.05) is 17.7 Å². The van der Waals surface area contributed by atoms with Crippen LogP contribution in [0, 0.1) is 29.3 Å². The maximum Gasteiger partial charge on any atom is 0.419 e. The van der Waals surface area contributed by atoms with E-state index in [0.29, 0.717) is 12.1 Å². The van der Waals surface area contributed by atoms with Gasteiger partial charge in [-0.15, -0.1) is 23.2 Å². The van der Waals surface area contributed by atoms with Crippen molar-refractivity contribution in [1.29, 1.82) is 0 Å². The first-order chi connectivity index (χ1) is 21.3. The summed E-state index contributed by atoms with van der Waals surface area (Å²) in [5.41, 5.74) is -3.68. The van der Waals surface area contributed by atoms with Crippen LogP contribution in [0.15, 0.2) is 48.5 Å². The minimum absolute atomic E-state index is 0.0609. The zero-order valence-electron chi connectivity index (χ0n) is 22.6. The van der Waals surface area contributed by atoms with Gasteiger partial charge in [0.1, 0.15) is 21.7 Å². The fourth-order valence-corrected chi connectivity index (χ4v) is 6.07. The minimum Gasteiger partial charge on any atom is -0.326 e. The van der Waals surface area contributed by atoms with Gasteiger partial charge in [-0.05, 0) is 48.0 Å². The van der Waals surface area contributed by atoms with Crippen molar-refractivity contribution in [2.75, 3.05) is 16.0 Å². The Morgan fingerprint density at radius 2 is 1.48 bits per heavy atom. The molecule has 0 heterocycles. The van der Waals surface area contributed by atoms with Gasteiger partial charge in [0.05, 0.1) is 27.8 Å². The lowest BCUT2D eigenvalue weighted by Crippen LogP contribution is -2.42. The van der Waals surface area contributed by atoms with Crippen LogP contribution < -0.4 is 16.0 Å². The Morgan fingerprint density at radius 3 is 2.11 bits per heavy atom. The van der Waals surface area contributed by atoms with Crippen molar-refractivity contribution in [3.63, 3.8) is 0 Å². The molecule has 2 aliphatic carbocycles. The molecule has 2 fully saturated rings. The lowest BCUT2D eigenvalue weighted by Gasteiger charge is -2.33. The summed E-state index contributed by atoms with van der Waals surface area (Å²) in [7, 11) is 0. The third-order valence-corrected chi connectivity index (χ3v) is 8.79. The second-order valence-corrected chi connectivity index (χ2v) is 12.6. The van der Waals surface area contributed by atoms with E-state index in [9.17, 15) is 45.1 Å². The quantitative estimate of drug-likeness (QED) is 0.169. The number of anilines is 3. The van der Waals surface area contributed by atoms with Crippen LogP contribution in [-0.4, -0.2) is 28.0 Å². The summed E-state index contributed by atoms with van der Waals surface area (Å²) < 4.78 is 107. The van der Waals surface area contributed by atoms with E-state index in [0.717, 1.165) is 24.3 Å². The highest BCUT2D eigenvalue weighted by molar-refractivity contribution is 6.53. The fraction of sp³-hybridized carbons (Fsp3) is 0.276. The van der Waals surface area contributed by atoms with Gasteiger partial charge in [-0.25, -0.2) is 22.0 Å². The highest BCUT2D eigenvalue weighted by Crippen LogP contribution is 2.65. The van der Waals surface area contributed by atoms with E-state index >= 15 is 4.39 Å². The summed E-state index contributed by atoms with van der Waals surface area (Å²) in [6.07, 6.45) is -6.59. The van der Waals surface area contributed by atoms with Crippen LogP contribution in [0.1, 0.15) is 40.2 Å². The molecule has 0 unspecified atom stereocenters. The summed E-state index contributed by atoms with van der Waals surface area (Å²) in [4.78, 5) is 38.2. The molecule has 3 aromatic rings. The number of hydrogen-bond acceptors (Lipinski definition) is 3. The normalized spacial score (nSPS) is 20.0. The van der Waals surface area contributed by atoms with Crippen LogP contribution >= 0.6 is 34.8 Å². The minimum atomic E-state index is -5.02. The van der Waals surface area contributed by atoms with Gasteiger partial charge in [0.15, 0.2) is 5.82 Å². The molecule has 0 radical (unpaired) electrons. The van der Waals surface area contributed by atoms with Crippen molar-refractivity contribution >= 4 is 69.6 Å². The summed E-state index contributed by atoms with van der Waals surface area (Å²) in [6, 6.07) is 7.17. The van der Waals surface area contributed by atoms with E-state index in [1.807, 2.05) is 5.32 Å². The van der Waals surface area contributed by atoms with Crippen LogP contribution in [0.3, 0.4) is 0 Å². The number of benzene rings is 3. The first-order valence-corrected chi connectivity index (χ1v) is 14.3. The molecule has 0 aliphatic heterocycles. The fourth-order valence-electron chi connectivity index (χ4n) is 5.04. The van der Waals surface area contributed by atoms with Gasteiger partial charge in [0.25, 0.3) is 5.91 Å². The molecule has 244 valence electrons. The molecule has 17 heteroatoms. The Kier molecular flexibility index (Phi) is 8.71. The first-order valence-electron chi connectivity index (χ1n) is 13.1. The third kappa shape index (κ3) is 6.60. The van der Waals surface area contributed by atoms with Crippen LogP contribution in [0.4, 0.5) is 52.2 Å². The SMILES string of the molecule is O=C(Nc1ccc(F)c(NC(=O)C2CC(F)(F)C2)c1F)c1cc(NC(=O)[C@H]2[C@H](c3ccc(F)c(C(F)(F)F)c3)C2(Cl)Cl)ccc1Cl. The molecule has 2 saturated carbocycles. The number of amides is 3. The molecular formula is C29H18Cl3F8N3O3. The Labute approximate surface area is 269 Å². The van der Waals surface area contributed by atoms with Crippen molar-refractivity contribution < 1.29 is 49.5 Å². The third-order valence-electron chi connectivity index (χ3n) is 7.52. The van der Waals surface area contributed by atoms with Crippen molar-refractivity contribution in [3.8, 4) is 0 Å². The highest BCUT2D eigenvalue weighted by atomic mass is 35.5. The predicted octanol–water partition coefficient (Wildman–Crippen LogP) is 8.54. The van der Waals surface area contributed by atoms with Crippen LogP contribution in [0.25, 0.3) is 0 Å². The Hall–Kier alpha value is -3.62. The molecule has 3 amide bonds. The zero-order chi connectivity index (χ0) is 33.9. The monoisotopic (exact) mass is 713 g/mol. The number of nitrogens with one attached hydrogen (secondary N) is 3. The van der Waals surface area contributed by atoms with E-state index in [1.165, 1.54) is 12.1 Å². The highest BCUT2D eigenvalue weighted by Gasteiger charge is 2.67. The molecule has 46 heavy (non-hydrogen) atoms. The molecular weight excluding hydrogens is 697 g/mol. The number of carbonyl (C=O) groups is 3. The van der Waals surface area contributed by atoms with E-state index in [1.54, 1.807) is 0 Å². The first kappa shape index (κ1) is 33.7. The molecule has 0 spiro atoms. The lowest BCUT2D eigenvalue weighted by atomic mass is 9.81. The number of halogens is 11. The Bertz CT molecular complexity index is 1760. The number of alkyl halides is 7. The summed E-state index contributed by atoms with van der Waals surface area (Å²) in [5.74, 6) is -13.8. The largest absolute Gasteiger partial charge is 0.419 e. The van der Waals surface area contributed by atoms with Gasteiger partial charge >= 0.3 is 6.18 Å². The van der Waals surface area contributed by atoms with Crippen LogP contribution in [0.5, 0.6) is 0 Å². The van der Waals surface area contributed by atoms with Gasteiger partial charge < -0.3 is 16.0 Å². The van der Waals surface area contributed by atoms with E-state index in [2.05, 4.69) is 10.6 Å². The Balaban J connectivity index is 1.30. The Morgan fingerprint density at radius 1 is 0.826 bits per heavy atom. The number of hydrogen-bond donors (Lipinski definition) is 3. The van der Waals surface area contributed by atoms with E-state index < -0.39 is 99.1 Å². The maximum absolute atomic E-state index is 15.1. The zero-order valence-corrected chi connectivity index (χ0v) is 24.9. The van der Waals surface area contributed by atoms with Gasteiger partial charge in [0.2, 0.25) is 17.7 Å². The molecule has 3 aromatic carbocycles. The second kappa shape index (κ2) is 11.9. The molecule has 2 atom stereocenters. The average molecular weight is 715 g/mol. The molecule has 6 nitrogen and oxygen atoms in total. The topological polar surface area (TPSA) is 87.3 Å². The summed E-state index contributed by atoms with van der Waals surface area (Å²) >= 11 is 18.5. The maximum atomic E-state index is 15.1. The molecule has 0 aromatic heterocycles. The summed E-state index contributed by atoms with van der Waals surface area (Å²) in [5, 5.41) is 6.29. The van der Waals surface area contributed by atoms with Gasteiger partial charge in [-0.2, -0.15) is 13.2 Å². The molecule has 3 N–H and O–H groups in total. The van der Waals surface area contributed by atoms with Crippen LogP contribution in [-0.2, 0) is 15.8 Å². The van der Waals surface area contributed by atoms with E-state index in [-0.39, 0.29) is 21.8 Å². The van der Waals surface area contributed by atoms with Gasteiger partial charge in [0, 0.05) is 30.4 Å².